The Labute approximate surface area is 180 Å². The molecule has 0 saturated heterocycles. The fourth-order valence-corrected chi connectivity index (χ4v) is 3.20. The third kappa shape index (κ3) is 5.01. The number of hydrogen-bond donors (Lipinski definition) is 3. The molecule has 0 bridgehead atoms. The van der Waals surface area contributed by atoms with E-state index in [2.05, 4.69) is 10.6 Å². The van der Waals surface area contributed by atoms with Gasteiger partial charge in [0.1, 0.15) is 11.3 Å². The van der Waals surface area contributed by atoms with Gasteiger partial charge in [-0.25, -0.2) is 4.79 Å². The predicted octanol–water partition coefficient (Wildman–Crippen LogP) is 3.46. The third-order valence-electron chi connectivity index (χ3n) is 4.94. The number of aromatic hydroxyl groups is 1. The Balaban J connectivity index is 1.57. The summed E-state index contributed by atoms with van der Waals surface area (Å²) in [5.74, 6) is -2.05. The van der Waals surface area contributed by atoms with E-state index < -0.39 is 23.9 Å². The van der Waals surface area contributed by atoms with E-state index in [-0.39, 0.29) is 17.9 Å². The lowest BCUT2D eigenvalue weighted by Crippen LogP contribution is -2.40. The van der Waals surface area contributed by atoms with E-state index >= 15 is 0 Å². The van der Waals surface area contributed by atoms with Crippen molar-refractivity contribution < 1.29 is 24.2 Å². The van der Waals surface area contributed by atoms with Crippen LogP contribution in [-0.2, 0) is 14.3 Å². The molecule has 0 aliphatic heterocycles. The van der Waals surface area contributed by atoms with Gasteiger partial charge in [-0.3, -0.25) is 9.59 Å². The van der Waals surface area contributed by atoms with Crippen LogP contribution in [0, 0.1) is 13.8 Å². The standard InChI is InChI=1S/C24H24N2O5/c1-14-7-6-8-15(2)21(14)26-20(27)13-25-23(29)16(3)31-24(30)19-12-11-17-9-4-5-10-18(17)22(19)28/h4-12,16,28H,13H2,1-3H3,(H,25,29)(H,26,27). The van der Waals surface area contributed by atoms with Gasteiger partial charge in [-0.05, 0) is 43.4 Å². The molecular weight excluding hydrogens is 396 g/mol. The van der Waals surface area contributed by atoms with Gasteiger partial charge in [-0.2, -0.15) is 0 Å². The minimum atomic E-state index is -1.15. The van der Waals surface area contributed by atoms with Crippen LogP contribution in [0.1, 0.15) is 28.4 Å². The van der Waals surface area contributed by atoms with Gasteiger partial charge in [0.05, 0.1) is 6.54 Å². The lowest BCUT2D eigenvalue weighted by Gasteiger charge is -2.15. The molecule has 0 saturated carbocycles. The first-order valence-electron chi connectivity index (χ1n) is 9.83. The van der Waals surface area contributed by atoms with Crippen molar-refractivity contribution >= 4 is 34.2 Å². The Morgan fingerprint density at radius 1 is 0.968 bits per heavy atom. The third-order valence-corrected chi connectivity index (χ3v) is 4.94. The molecule has 0 radical (unpaired) electrons. The number of fused-ring (bicyclic) bond motifs is 1. The van der Waals surface area contributed by atoms with Crippen LogP contribution in [0.4, 0.5) is 5.69 Å². The van der Waals surface area contributed by atoms with Crippen LogP contribution in [0.25, 0.3) is 10.8 Å². The fraction of sp³-hybridized carbons (Fsp3) is 0.208. The highest BCUT2D eigenvalue weighted by atomic mass is 16.5. The molecule has 3 N–H and O–H groups in total. The van der Waals surface area contributed by atoms with Crippen molar-refractivity contribution in [3.05, 3.63) is 71.3 Å². The fourth-order valence-electron chi connectivity index (χ4n) is 3.20. The zero-order chi connectivity index (χ0) is 22.5. The topological polar surface area (TPSA) is 105 Å². The maximum atomic E-state index is 12.4. The second-order valence-electron chi connectivity index (χ2n) is 7.26. The number of anilines is 1. The summed E-state index contributed by atoms with van der Waals surface area (Å²) in [7, 11) is 0. The lowest BCUT2D eigenvalue weighted by molar-refractivity contribution is -0.130. The predicted molar refractivity (Wildman–Crippen MR) is 118 cm³/mol. The number of ether oxygens (including phenoxy) is 1. The number of phenolic OH excluding ortho intramolecular Hbond substituents is 1. The second-order valence-corrected chi connectivity index (χ2v) is 7.26. The summed E-state index contributed by atoms with van der Waals surface area (Å²) in [5.41, 5.74) is 2.49. The first-order valence-corrected chi connectivity index (χ1v) is 9.83. The average molecular weight is 420 g/mol. The summed E-state index contributed by atoms with van der Waals surface area (Å²) in [4.78, 5) is 36.9. The molecule has 3 aromatic rings. The number of phenols is 1. The molecule has 0 spiro atoms. The largest absolute Gasteiger partial charge is 0.506 e. The highest BCUT2D eigenvalue weighted by molar-refractivity contribution is 6.02. The molecule has 0 aliphatic rings. The van der Waals surface area contributed by atoms with Crippen LogP contribution >= 0.6 is 0 Å². The van der Waals surface area contributed by atoms with Gasteiger partial charge >= 0.3 is 5.97 Å². The van der Waals surface area contributed by atoms with E-state index in [1.165, 1.54) is 13.0 Å². The van der Waals surface area contributed by atoms with Crippen LogP contribution in [0.2, 0.25) is 0 Å². The van der Waals surface area contributed by atoms with E-state index in [4.69, 9.17) is 4.74 Å². The molecule has 0 aromatic heterocycles. The summed E-state index contributed by atoms with van der Waals surface area (Å²) >= 11 is 0. The van der Waals surface area contributed by atoms with E-state index in [0.717, 1.165) is 16.5 Å². The van der Waals surface area contributed by atoms with Gasteiger partial charge in [0, 0.05) is 11.1 Å². The number of para-hydroxylation sites is 1. The number of amides is 2. The molecule has 3 rings (SSSR count). The summed E-state index contributed by atoms with van der Waals surface area (Å²) in [6.45, 7) is 4.89. The zero-order valence-corrected chi connectivity index (χ0v) is 17.6. The highest BCUT2D eigenvalue weighted by Crippen LogP contribution is 2.29. The number of hydrogen-bond acceptors (Lipinski definition) is 5. The molecule has 7 nitrogen and oxygen atoms in total. The van der Waals surface area contributed by atoms with Gasteiger partial charge in [-0.1, -0.05) is 48.5 Å². The monoisotopic (exact) mass is 420 g/mol. The van der Waals surface area contributed by atoms with Gasteiger partial charge in [0.15, 0.2) is 6.10 Å². The highest BCUT2D eigenvalue weighted by Gasteiger charge is 2.22. The molecule has 160 valence electrons. The summed E-state index contributed by atoms with van der Waals surface area (Å²) in [5, 5.41) is 16.9. The van der Waals surface area contributed by atoms with Crippen LogP contribution in [-0.4, -0.2) is 35.5 Å². The van der Waals surface area contributed by atoms with Crippen LogP contribution in [0.3, 0.4) is 0 Å². The second kappa shape index (κ2) is 9.30. The normalized spacial score (nSPS) is 11.6. The zero-order valence-electron chi connectivity index (χ0n) is 17.6. The minimum absolute atomic E-state index is 0.0360. The van der Waals surface area contributed by atoms with E-state index in [1.54, 1.807) is 18.2 Å². The first kappa shape index (κ1) is 21.8. The Kier molecular flexibility index (Phi) is 6.55. The molecule has 0 heterocycles. The Bertz CT molecular complexity index is 1140. The van der Waals surface area contributed by atoms with Crippen molar-refractivity contribution in [3.63, 3.8) is 0 Å². The van der Waals surface area contributed by atoms with Gasteiger partial charge in [0.2, 0.25) is 5.91 Å². The van der Waals surface area contributed by atoms with Crippen molar-refractivity contribution in [2.24, 2.45) is 0 Å². The number of benzene rings is 3. The molecule has 1 unspecified atom stereocenters. The molecule has 1 atom stereocenters. The quantitative estimate of drug-likeness (QED) is 0.530. The maximum absolute atomic E-state index is 12.4. The van der Waals surface area contributed by atoms with Crippen LogP contribution in [0.15, 0.2) is 54.6 Å². The summed E-state index contributed by atoms with van der Waals surface area (Å²) in [6, 6.07) is 15.9. The van der Waals surface area contributed by atoms with Crippen molar-refractivity contribution in [1.29, 1.82) is 0 Å². The van der Waals surface area contributed by atoms with E-state index in [0.29, 0.717) is 11.1 Å². The number of carbonyl (C=O) groups excluding carboxylic acids is 3. The summed E-state index contributed by atoms with van der Waals surface area (Å²) < 4.78 is 5.17. The van der Waals surface area contributed by atoms with Gasteiger partial charge in [0.25, 0.3) is 5.91 Å². The number of carbonyl (C=O) groups is 3. The van der Waals surface area contributed by atoms with Crippen molar-refractivity contribution in [3.8, 4) is 5.75 Å². The van der Waals surface area contributed by atoms with E-state index in [1.807, 2.05) is 44.2 Å². The van der Waals surface area contributed by atoms with Crippen LogP contribution in [0.5, 0.6) is 5.75 Å². The average Bonchev–Trinajstić information content (AvgIpc) is 2.75. The Morgan fingerprint density at radius 2 is 1.65 bits per heavy atom. The summed E-state index contributed by atoms with van der Waals surface area (Å²) in [6.07, 6.45) is -1.15. The lowest BCUT2D eigenvalue weighted by atomic mass is 10.1. The van der Waals surface area contributed by atoms with Gasteiger partial charge < -0.3 is 20.5 Å². The Morgan fingerprint density at radius 3 is 2.35 bits per heavy atom. The minimum Gasteiger partial charge on any atom is -0.506 e. The van der Waals surface area contributed by atoms with Crippen molar-refractivity contribution in [1.82, 2.24) is 5.32 Å². The van der Waals surface area contributed by atoms with Gasteiger partial charge in [-0.15, -0.1) is 0 Å². The Hall–Kier alpha value is -3.87. The maximum Gasteiger partial charge on any atom is 0.342 e. The smallest absolute Gasteiger partial charge is 0.342 e. The SMILES string of the molecule is Cc1cccc(C)c1NC(=O)CNC(=O)C(C)OC(=O)c1ccc2ccccc2c1O. The number of rotatable bonds is 6. The number of aryl methyl sites for hydroxylation is 2. The molecule has 0 fully saturated rings. The molecule has 7 heteroatoms. The molecule has 0 aliphatic carbocycles. The van der Waals surface area contributed by atoms with E-state index in [9.17, 15) is 19.5 Å². The number of esters is 1. The van der Waals surface area contributed by atoms with Crippen LogP contribution < -0.4 is 10.6 Å². The molecule has 31 heavy (non-hydrogen) atoms. The molecular formula is C24H24N2O5. The first-order chi connectivity index (χ1) is 14.8. The molecule has 3 aromatic carbocycles. The molecule has 2 amide bonds. The van der Waals surface area contributed by atoms with Crippen molar-refractivity contribution in [2.75, 3.05) is 11.9 Å². The van der Waals surface area contributed by atoms with Crippen molar-refractivity contribution in [2.45, 2.75) is 26.9 Å². The number of nitrogens with one attached hydrogen (secondary N) is 2.